The summed E-state index contributed by atoms with van der Waals surface area (Å²) in [6, 6.07) is 9.31. The van der Waals surface area contributed by atoms with Gasteiger partial charge in [0.05, 0.1) is 10.8 Å². The van der Waals surface area contributed by atoms with E-state index in [9.17, 15) is 9.59 Å². The number of nitrogens with zero attached hydrogens (tertiary/aromatic N) is 2. The monoisotopic (exact) mass is 300 g/mol. The van der Waals surface area contributed by atoms with Crippen molar-refractivity contribution >= 4 is 35.0 Å². The zero-order chi connectivity index (χ0) is 15.4. The predicted octanol–water partition coefficient (Wildman–Crippen LogP) is 2.88. The van der Waals surface area contributed by atoms with Gasteiger partial charge in [0.1, 0.15) is 11.4 Å². The lowest BCUT2D eigenvalue weighted by molar-refractivity contribution is 0.0685. The van der Waals surface area contributed by atoms with Gasteiger partial charge in [-0.05, 0) is 47.6 Å². The summed E-state index contributed by atoms with van der Waals surface area (Å²) in [5.41, 5.74) is 1.03. The third-order valence-corrected chi connectivity index (χ3v) is 2.73. The number of hydrogen-bond donors (Lipinski definition) is 2. The maximum Gasteiger partial charge on any atom is 0.354 e. The number of thiocarbonyl (C=S) groups is 1. The second-order valence-corrected chi connectivity index (χ2v) is 4.17. The SMILES string of the molecule is O=C(O)c1cc(-c2ccc(N=C=S)cc2)cc(C(=O)O)n1. The van der Waals surface area contributed by atoms with Gasteiger partial charge in [-0.15, -0.1) is 0 Å². The standard InChI is InChI=1S/C14H8N2O4S/c17-13(18)11-5-9(6-12(16-11)14(19)20)8-1-3-10(4-2-8)15-7-21/h1-6H,(H,17,18)(H,19,20). The van der Waals surface area contributed by atoms with Gasteiger partial charge in [-0.3, -0.25) is 0 Å². The van der Waals surface area contributed by atoms with Crippen LogP contribution in [-0.4, -0.2) is 32.3 Å². The van der Waals surface area contributed by atoms with Crippen LogP contribution in [0, 0.1) is 0 Å². The Morgan fingerprint density at radius 1 is 1.00 bits per heavy atom. The molecule has 0 fully saturated rings. The number of aromatic carboxylic acids is 2. The molecule has 6 nitrogen and oxygen atoms in total. The van der Waals surface area contributed by atoms with Gasteiger partial charge in [-0.25, -0.2) is 14.6 Å². The van der Waals surface area contributed by atoms with E-state index < -0.39 is 11.9 Å². The fourth-order valence-electron chi connectivity index (χ4n) is 1.70. The van der Waals surface area contributed by atoms with Crippen LogP contribution in [0.15, 0.2) is 41.4 Å². The lowest BCUT2D eigenvalue weighted by Crippen LogP contribution is -2.07. The van der Waals surface area contributed by atoms with E-state index in [1.807, 2.05) is 0 Å². The fraction of sp³-hybridized carbons (Fsp3) is 0. The van der Waals surface area contributed by atoms with Crippen molar-refractivity contribution in [2.24, 2.45) is 4.99 Å². The first kappa shape index (κ1) is 14.5. The maximum atomic E-state index is 11.0. The van der Waals surface area contributed by atoms with Gasteiger partial charge in [0.15, 0.2) is 0 Å². The Morgan fingerprint density at radius 2 is 1.52 bits per heavy atom. The minimum absolute atomic E-state index is 0.328. The molecule has 1 heterocycles. The Balaban J connectivity index is 2.54. The summed E-state index contributed by atoms with van der Waals surface area (Å²) in [5, 5.41) is 20.2. The second-order valence-electron chi connectivity index (χ2n) is 3.99. The van der Waals surface area contributed by atoms with Crippen molar-refractivity contribution in [3.8, 4) is 11.1 Å². The van der Waals surface area contributed by atoms with Crippen molar-refractivity contribution in [2.45, 2.75) is 0 Å². The lowest BCUT2D eigenvalue weighted by Gasteiger charge is -2.05. The number of rotatable bonds is 4. The van der Waals surface area contributed by atoms with Crippen LogP contribution in [0.3, 0.4) is 0 Å². The molecule has 0 aliphatic rings. The molecule has 0 unspecified atom stereocenters. The maximum absolute atomic E-state index is 11.0. The Hall–Kier alpha value is -2.89. The van der Waals surface area contributed by atoms with Gasteiger partial charge in [0, 0.05) is 0 Å². The highest BCUT2D eigenvalue weighted by Gasteiger charge is 2.14. The number of carboxylic acids is 2. The number of isothiocyanates is 1. The molecule has 0 radical (unpaired) electrons. The molecule has 2 rings (SSSR count). The predicted molar refractivity (Wildman–Crippen MR) is 78.3 cm³/mol. The zero-order valence-corrected chi connectivity index (χ0v) is 11.3. The minimum atomic E-state index is -1.29. The molecule has 0 saturated carbocycles. The molecule has 7 heteroatoms. The average Bonchev–Trinajstić information content (AvgIpc) is 2.47. The van der Waals surface area contributed by atoms with Crippen LogP contribution in [0.1, 0.15) is 21.0 Å². The van der Waals surface area contributed by atoms with E-state index in [-0.39, 0.29) is 11.4 Å². The molecule has 1 aromatic carbocycles. The first-order valence-corrected chi connectivity index (χ1v) is 6.09. The van der Waals surface area contributed by atoms with Crippen molar-refractivity contribution < 1.29 is 19.8 Å². The highest BCUT2D eigenvalue weighted by atomic mass is 32.1. The molecule has 1 aromatic heterocycles. The largest absolute Gasteiger partial charge is 0.477 e. The quantitative estimate of drug-likeness (QED) is 0.665. The molecule has 0 atom stereocenters. The van der Waals surface area contributed by atoms with Crippen molar-refractivity contribution in [1.29, 1.82) is 0 Å². The van der Waals surface area contributed by atoms with E-state index in [0.717, 1.165) is 0 Å². The number of pyridine rings is 1. The molecule has 0 aliphatic carbocycles. The number of aromatic nitrogens is 1. The van der Waals surface area contributed by atoms with Gasteiger partial charge in [0.2, 0.25) is 0 Å². The highest BCUT2D eigenvalue weighted by Crippen LogP contribution is 2.24. The summed E-state index contributed by atoms with van der Waals surface area (Å²) in [6.45, 7) is 0. The smallest absolute Gasteiger partial charge is 0.354 e. The molecule has 0 bridgehead atoms. The van der Waals surface area contributed by atoms with Crippen LogP contribution < -0.4 is 0 Å². The van der Waals surface area contributed by atoms with Crippen molar-refractivity contribution in [2.75, 3.05) is 0 Å². The molecule has 0 aliphatic heterocycles. The number of benzene rings is 1. The van der Waals surface area contributed by atoms with Gasteiger partial charge < -0.3 is 10.2 Å². The third-order valence-electron chi connectivity index (χ3n) is 2.64. The molecule has 0 spiro atoms. The van der Waals surface area contributed by atoms with Gasteiger partial charge in [0.25, 0.3) is 0 Å². The van der Waals surface area contributed by atoms with Gasteiger partial charge in [-0.2, -0.15) is 4.99 Å². The van der Waals surface area contributed by atoms with E-state index in [4.69, 9.17) is 10.2 Å². The fourth-order valence-corrected chi connectivity index (χ4v) is 1.80. The molecule has 2 aromatic rings. The number of aliphatic imine (C=N–C) groups is 1. The Morgan fingerprint density at radius 3 is 1.95 bits per heavy atom. The Labute approximate surface area is 124 Å². The van der Waals surface area contributed by atoms with Gasteiger partial charge >= 0.3 is 11.9 Å². The summed E-state index contributed by atoms with van der Waals surface area (Å²) < 4.78 is 0. The van der Waals surface area contributed by atoms with Crippen LogP contribution in [-0.2, 0) is 0 Å². The van der Waals surface area contributed by atoms with Crippen molar-refractivity contribution in [3.05, 3.63) is 47.8 Å². The number of hydrogen-bond acceptors (Lipinski definition) is 5. The highest BCUT2D eigenvalue weighted by molar-refractivity contribution is 7.78. The van der Waals surface area contributed by atoms with Gasteiger partial charge in [-0.1, -0.05) is 12.1 Å². The van der Waals surface area contributed by atoms with E-state index in [2.05, 4.69) is 27.4 Å². The third kappa shape index (κ3) is 3.36. The molecule has 104 valence electrons. The summed E-state index contributed by atoms with van der Waals surface area (Å²) >= 11 is 4.50. The summed E-state index contributed by atoms with van der Waals surface area (Å²) in [4.78, 5) is 29.4. The second kappa shape index (κ2) is 6.04. The van der Waals surface area contributed by atoms with Crippen LogP contribution in [0.25, 0.3) is 11.1 Å². The Bertz CT molecular complexity index is 733. The Kier molecular flexibility index (Phi) is 4.18. The first-order valence-electron chi connectivity index (χ1n) is 5.68. The van der Waals surface area contributed by atoms with E-state index >= 15 is 0 Å². The molecule has 0 amide bonds. The summed E-state index contributed by atoms with van der Waals surface area (Å²) in [7, 11) is 0. The lowest BCUT2D eigenvalue weighted by atomic mass is 10.0. The van der Waals surface area contributed by atoms with Crippen LogP contribution in [0.5, 0.6) is 0 Å². The average molecular weight is 300 g/mol. The normalized spacial score (nSPS) is 9.71. The van der Waals surface area contributed by atoms with Crippen LogP contribution in [0.4, 0.5) is 5.69 Å². The van der Waals surface area contributed by atoms with Crippen molar-refractivity contribution in [3.63, 3.8) is 0 Å². The summed E-state index contributed by atoms with van der Waals surface area (Å²) in [5.74, 6) is -2.58. The summed E-state index contributed by atoms with van der Waals surface area (Å²) in [6.07, 6.45) is 0. The minimum Gasteiger partial charge on any atom is -0.477 e. The van der Waals surface area contributed by atoms with E-state index in [0.29, 0.717) is 16.8 Å². The van der Waals surface area contributed by atoms with Crippen LogP contribution in [0.2, 0.25) is 0 Å². The number of carbonyl (C=O) groups is 2. The van der Waals surface area contributed by atoms with Crippen LogP contribution >= 0.6 is 12.2 Å². The van der Waals surface area contributed by atoms with E-state index in [1.54, 1.807) is 24.3 Å². The van der Waals surface area contributed by atoms with Crippen molar-refractivity contribution in [1.82, 2.24) is 4.98 Å². The zero-order valence-electron chi connectivity index (χ0n) is 10.5. The first-order chi connectivity index (χ1) is 10.0. The number of carboxylic acid groups (broad SMARTS) is 2. The topological polar surface area (TPSA) is 99.8 Å². The molecular formula is C14H8N2O4S. The molecule has 2 N–H and O–H groups in total. The molecule has 0 saturated heterocycles. The molecular weight excluding hydrogens is 292 g/mol. The van der Waals surface area contributed by atoms with E-state index in [1.165, 1.54) is 12.1 Å². The molecule has 21 heavy (non-hydrogen) atoms.